The summed E-state index contributed by atoms with van der Waals surface area (Å²) in [4.78, 5) is 22.3. The first-order valence-electron chi connectivity index (χ1n) is 7.91. The molecule has 0 amide bonds. The predicted octanol–water partition coefficient (Wildman–Crippen LogP) is 4.15. The van der Waals surface area contributed by atoms with Crippen molar-refractivity contribution in [1.29, 1.82) is 0 Å². The third-order valence-corrected chi connectivity index (χ3v) is 3.67. The average molecular weight is 390 g/mol. The number of para-hydroxylation sites is 1. The van der Waals surface area contributed by atoms with Gasteiger partial charge in [0.05, 0.1) is 16.2 Å². The summed E-state index contributed by atoms with van der Waals surface area (Å²) < 4.78 is 39.5. The van der Waals surface area contributed by atoms with Gasteiger partial charge in [0.1, 0.15) is 6.33 Å². The van der Waals surface area contributed by atoms with E-state index in [-0.39, 0.29) is 23.9 Å². The number of anilines is 3. The van der Waals surface area contributed by atoms with Crippen LogP contribution in [0.4, 0.5) is 36.2 Å². The molecule has 0 unspecified atom stereocenters. The highest BCUT2D eigenvalue weighted by atomic mass is 19.4. The lowest BCUT2D eigenvalue weighted by atomic mass is 10.1. The minimum atomic E-state index is -4.63. The van der Waals surface area contributed by atoms with Crippen LogP contribution >= 0.6 is 0 Å². The van der Waals surface area contributed by atoms with E-state index < -0.39 is 22.4 Å². The molecule has 0 bridgehead atoms. The molecular formula is C17H13F3N6O2. The Morgan fingerprint density at radius 2 is 1.82 bits per heavy atom. The summed E-state index contributed by atoms with van der Waals surface area (Å²) in [6.07, 6.45) is -0.459. The molecule has 0 spiro atoms. The third-order valence-electron chi connectivity index (χ3n) is 3.67. The lowest BCUT2D eigenvalue weighted by Gasteiger charge is -2.14. The van der Waals surface area contributed by atoms with Crippen LogP contribution in [0.25, 0.3) is 0 Å². The number of aromatic nitrogens is 3. The molecule has 2 aromatic heterocycles. The number of halogens is 3. The first kappa shape index (κ1) is 19.0. The highest BCUT2D eigenvalue weighted by Gasteiger charge is 2.34. The quantitative estimate of drug-likeness (QED) is 0.481. The van der Waals surface area contributed by atoms with Gasteiger partial charge in [-0.1, -0.05) is 18.2 Å². The number of nitrogens with one attached hydrogen (secondary N) is 2. The molecule has 2 heterocycles. The molecule has 0 atom stereocenters. The van der Waals surface area contributed by atoms with E-state index in [1.54, 1.807) is 24.5 Å². The normalized spacial score (nSPS) is 11.1. The number of pyridine rings is 1. The highest BCUT2D eigenvalue weighted by molar-refractivity contribution is 5.75. The van der Waals surface area contributed by atoms with Crippen molar-refractivity contribution in [3.63, 3.8) is 0 Å². The maximum Gasteiger partial charge on any atom is 0.418 e. The van der Waals surface area contributed by atoms with Crippen molar-refractivity contribution in [2.75, 3.05) is 10.6 Å². The van der Waals surface area contributed by atoms with E-state index in [0.717, 1.165) is 24.0 Å². The minimum Gasteiger partial charge on any atom is -0.360 e. The van der Waals surface area contributed by atoms with E-state index in [4.69, 9.17) is 0 Å². The topological polar surface area (TPSA) is 106 Å². The van der Waals surface area contributed by atoms with Crippen LogP contribution in [-0.2, 0) is 12.7 Å². The van der Waals surface area contributed by atoms with Crippen molar-refractivity contribution in [3.05, 3.63) is 76.4 Å². The molecule has 11 heteroatoms. The Kier molecular flexibility index (Phi) is 5.34. The molecule has 2 N–H and O–H groups in total. The van der Waals surface area contributed by atoms with Gasteiger partial charge in [0.25, 0.3) is 0 Å². The zero-order valence-electron chi connectivity index (χ0n) is 14.1. The Balaban J connectivity index is 1.93. The van der Waals surface area contributed by atoms with Crippen molar-refractivity contribution in [3.8, 4) is 0 Å². The number of nitro groups is 1. The van der Waals surface area contributed by atoms with Gasteiger partial charge < -0.3 is 10.6 Å². The highest BCUT2D eigenvalue weighted by Crippen LogP contribution is 2.38. The van der Waals surface area contributed by atoms with E-state index >= 15 is 0 Å². The summed E-state index contributed by atoms with van der Waals surface area (Å²) in [5, 5.41) is 16.7. The molecule has 0 radical (unpaired) electrons. The minimum absolute atomic E-state index is 0.129. The van der Waals surface area contributed by atoms with Crippen molar-refractivity contribution in [1.82, 2.24) is 15.0 Å². The maximum atomic E-state index is 13.2. The van der Waals surface area contributed by atoms with Gasteiger partial charge in [0, 0.05) is 18.9 Å². The van der Waals surface area contributed by atoms with E-state index in [1.165, 1.54) is 12.1 Å². The van der Waals surface area contributed by atoms with Gasteiger partial charge in [0.15, 0.2) is 0 Å². The van der Waals surface area contributed by atoms with Crippen LogP contribution in [0.15, 0.2) is 55.1 Å². The number of hydrogen-bond acceptors (Lipinski definition) is 7. The zero-order valence-corrected chi connectivity index (χ0v) is 14.1. The van der Waals surface area contributed by atoms with Crippen molar-refractivity contribution >= 4 is 23.0 Å². The fourth-order valence-corrected chi connectivity index (χ4v) is 2.43. The largest absolute Gasteiger partial charge is 0.418 e. The van der Waals surface area contributed by atoms with Gasteiger partial charge in [-0.25, -0.2) is 9.97 Å². The van der Waals surface area contributed by atoms with Crippen LogP contribution < -0.4 is 10.6 Å². The Bertz CT molecular complexity index is 982. The molecule has 1 aromatic carbocycles. The van der Waals surface area contributed by atoms with Crippen LogP contribution in [0.1, 0.15) is 11.1 Å². The molecule has 0 saturated carbocycles. The van der Waals surface area contributed by atoms with E-state index in [9.17, 15) is 23.3 Å². The number of hydrogen-bond donors (Lipinski definition) is 2. The number of alkyl halides is 3. The fourth-order valence-electron chi connectivity index (χ4n) is 2.43. The molecular weight excluding hydrogens is 377 g/mol. The van der Waals surface area contributed by atoms with Crippen molar-refractivity contribution in [2.45, 2.75) is 12.7 Å². The monoisotopic (exact) mass is 390 g/mol. The first-order chi connectivity index (χ1) is 13.4. The van der Waals surface area contributed by atoms with Gasteiger partial charge in [0.2, 0.25) is 11.6 Å². The van der Waals surface area contributed by atoms with Crippen LogP contribution in [0.3, 0.4) is 0 Å². The average Bonchev–Trinajstić information content (AvgIpc) is 2.66. The second kappa shape index (κ2) is 7.86. The summed E-state index contributed by atoms with van der Waals surface area (Å²) >= 11 is 0. The maximum absolute atomic E-state index is 13.2. The zero-order chi connectivity index (χ0) is 20.1. The van der Waals surface area contributed by atoms with Gasteiger partial charge in [-0.05, 0) is 23.8 Å². The Morgan fingerprint density at radius 3 is 2.50 bits per heavy atom. The molecule has 0 aliphatic heterocycles. The summed E-state index contributed by atoms with van der Waals surface area (Å²) in [7, 11) is 0. The Labute approximate surface area is 156 Å². The molecule has 3 aromatic rings. The second-order valence-corrected chi connectivity index (χ2v) is 5.56. The molecule has 0 fully saturated rings. The van der Waals surface area contributed by atoms with E-state index in [2.05, 4.69) is 25.6 Å². The third kappa shape index (κ3) is 4.31. The van der Waals surface area contributed by atoms with Gasteiger partial charge in [-0.15, -0.1) is 0 Å². The van der Waals surface area contributed by atoms with Crippen LogP contribution in [0.2, 0.25) is 0 Å². The number of nitrogens with zero attached hydrogens (tertiary/aromatic N) is 4. The summed E-state index contributed by atoms with van der Waals surface area (Å²) in [5.74, 6) is -0.485. The second-order valence-electron chi connectivity index (χ2n) is 5.56. The summed E-state index contributed by atoms with van der Waals surface area (Å²) in [5.41, 5.74) is -1.14. The number of rotatable bonds is 6. The van der Waals surface area contributed by atoms with E-state index in [0.29, 0.717) is 0 Å². The summed E-state index contributed by atoms with van der Waals surface area (Å²) in [6.45, 7) is 0.185. The smallest absolute Gasteiger partial charge is 0.360 e. The predicted molar refractivity (Wildman–Crippen MR) is 95.0 cm³/mol. The van der Waals surface area contributed by atoms with Crippen molar-refractivity contribution < 1.29 is 18.1 Å². The lowest BCUT2D eigenvalue weighted by Crippen LogP contribution is -2.11. The Morgan fingerprint density at radius 1 is 1.07 bits per heavy atom. The summed E-state index contributed by atoms with van der Waals surface area (Å²) in [6, 6.07) is 8.10. The van der Waals surface area contributed by atoms with Gasteiger partial charge >= 0.3 is 11.9 Å². The molecule has 0 aliphatic carbocycles. The SMILES string of the molecule is O=[N+]([O-])c1c(NCc2cccnc2)ncnc1Nc1ccccc1C(F)(F)F. The molecule has 28 heavy (non-hydrogen) atoms. The lowest BCUT2D eigenvalue weighted by molar-refractivity contribution is -0.383. The first-order valence-corrected chi connectivity index (χ1v) is 7.91. The molecule has 144 valence electrons. The standard InChI is InChI=1S/C17H13F3N6O2/c18-17(19,20)12-5-1-2-6-13(12)25-16-14(26(27)28)15(23-10-24-16)22-9-11-4-3-7-21-8-11/h1-8,10H,9H2,(H2,22,23,24,25). The van der Waals surface area contributed by atoms with Gasteiger partial charge in [-0.2, -0.15) is 13.2 Å². The Hall–Kier alpha value is -3.76. The number of benzene rings is 1. The molecule has 0 saturated heterocycles. The molecule has 3 rings (SSSR count). The van der Waals surface area contributed by atoms with Crippen LogP contribution in [0.5, 0.6) is 0 Å². The molecule has 0 aliphatic rings. The van der Waals surface area contributed by atoms with Crippen LogP contribution in [0, 0.1) is 10.1 Å². The van der Waals surface area contributed by atoms with Gasteiger partial charge in [-0.3, -0.25) is 15.1 Å². The van der Waals surface area contributed by atoms with Crippen molar-refractivity contribution in [2.24, 2.45) is 0 Å². The van der Waals surface area contributed by atoms with E-state index in [1.807, 2.05) is 0 Å². The van der Waals surface area contributed by atoms with Crippen LogP contribution in [-0.4, -0.2) is 19.9 Å². The molecule has 8 nitrogen and oxygen atoms in total. The fraction of sp³-hybridized carbons (Fsp3) is 0.118.